The van der Waals surface area contributed by atoms with Crippen molar-refractivity contribution in [1.82, 2.24) is 25.1 Å². The first kappa shape index (κ1) is 12.9. The van der Waals surface area contributed by atoms with Crippen molar-refractivity contribution in [3.63, 3.8) is 0 Å². The zero-order valence-electron chi connectivity index (χ0n) is 17.3. The Morgan fingerprint density at radius 1 is 1.35 bits per heavy atom. The summed E-state index contributed by atoms with van der Waals surface area (Å²) < 4.78 is 23.7. The first-order chi connectivity index (χ1) is 13.7. The Morgan fingerprint density at radius 3 is 3.08 bits per heavy atom. The average molecular weight is 352 g/mol. The van der Waals surface area contributed by atoms with Crippen LogP contribution in [-0.2, 0) is 6.54 Å². The number of carbonyl (C=O) groups excluding carboxylic acids is 1. The molecule has 0 aliphatic carbocycles. The van der Waals surface area contributed by atoms with Crippen LogP contribution >= 0.6 is 0 Å². The van der Waals surface area contributed by atoms with Crippen LogP contribution in [0, 0.1) is 6.92 Å². The molecule has 1 aliphatic rings. The van der Waals surface area contributed by atoms with Gasteiger partial charge in [-0.1, -0.05) is 0 Å². The Hall–Kier alpha value is -3.42. The standard InChI is InChI=1S/C18H19N7O/c1-11-8-12-10-24(3)16-15(25(12)23-11)5-7-21-17(16)22-14-4-6-20-9-13(14)18(26)19-2/h4-9H,10H2,1-3H3,(H,19,26)(H,20,21,22)/i2D3. The van der Waals surface area contributed by atoms with Gasteiger partial charge in [-0.15, -0.1) is 0 Å². The lowest BCUT2D eigenvalue weighted by Crippen LogP contribution is -2.27. The largest absolute Gasteiger partial charge is 0.364 e. The van der Waals surface area contributed by atoms with Crippen molar-refractivity contribution in [2.24, 2.45) is 0 Å². The molecule has 4 rings (SSSR count). The van der Waals surface area contributed by atoms with Gasteiger partial charge in [0.2, 0.25) is 0 Å². The number of rotatable bonds is 3. The van der Waals surface area contributed by atoms with E-state index in [1.807, 2.05) is 41.0 Å². The fourth-order valence-corrected chi connectivity index (χ4v) is 3.16. The topological polar surface area (TPSA) is 88.0 Å². The third-order valence-electron chi connectivity index (χ3n) is 4.25. The van der Waals surface area contributed by atoms with Crippen molar-refractivity contribution in [1.29, 1.82) is 0 Å². The highest BCUT2D eigenvalue weighted by Gasteiger charge is 2.25. The van der Waals surface area contributed by atoms with E-state index in [9.17, 15) is 4.79 Å². The quantitative estimate of drug-likeness (QED) is 0.750. The molecular formula is C18H19N7O. The second kappa shape index (κ2) is 6.14. The van der Waals surface area contributed by atoms with Gasteiger partial charge in [-0.05, 0) is 25.1 Å². The van der Waals surface area contributed by atoms with E-state index in [4.69, 9.17) is 4.11 Å². The molecule has 8 nitrogen and oxygen atoms in total. The highest BCUT2D eigenvalue weighted by atomic mass is 16.1. The van der Waals surface area contributed by atoms with Crippen LogP contribution in [0.2, 0.25) is 0 Å². The molecule has 8 heteroatoms. The first-order valence-corrected chi connectivity index (χ1v) is 8.02. The minimum atomic E-state index is -2.59. The fourth-order valence-electron chi connectivity index (χ4n) is 3.16. The molecule has 1 amide bonds. The van der Waals surface area contributed by atoms with Crippen LogP contribution in [0.3, 0.4) is 0 Å². The second-order valence-electron chi connectivity index (χ2n) is 6.07. The predicted molar refractivity (Wildman–Crippen MR) is 99.1 cm³/mol. The van der Waals surface area contributed by atoms with Gasteiger partial charge in [0.25, 0.3) is 5.91 Å². The van der Waals surface area contributed by atoms with E-state index >= 15 is 0 Å². The normalized spacial score (nSPS) is 14.5. The number of aryl methyl sites for hydroxylation is 1. The van der Waals surface area contributed by atoms with Crippen molar-refractivity contribution in [3.05, 3.63) is 53.7 Å². The first-order valence-electron chi connectivity index (χ1n) is 9.52. The smallest absolute Gasteiger partial charge is 0.254 e. The van der Waals surface area contributed by atoms with Gasteiger partial charge in [0.15, 0.2) is 5.82 Å². The molecule has 0 saturated heterocycles. The predicted octanol–water partition coefficient (Wildman–Crippen LogP) is 2.02. The summed E-state index contributed by atoms with van der Waals surface area (Å²) >= 11 is 0. The molecule has 0 atom stereocenters. The maximum Gasteiger partial charge on any atom is 0.254 e. The van der Waals surface area contributed by atoms with Crippen molar-refractivity contribution >= 4 is 23.1 Å². The highest BCUT2D eigenvalue weighted by molar-refractivity contribution is 6.00. The number of hydrogen-bond donors (Lipinski definition) is 2. The van der Waals surface area contributed by atoms with Gasteiger partial charge in [-0.3, -0.25) is 9.78 Å². The molecule has 2 N–H and O–H groups in total. The summed E-state index contributed by atoms with van der Waals surface area (Å²) in [6, 6.07) is 5.51. The van der Waals surface area contributed by atoms with E-state index in [-0.39, 0.29) is 5.56 Å². The zero-order chi connectivity index (χ0) is 20.8. The summed E-state index contributed by atoms with van der Waals surface area (Å²) in [4.78, 5) is 22.8. The summed E-state index contributed by atoms with van der Waals surface area (Å²) in [6.45, 7) is -0.00197. The molecule has 0 radical (unpaired) electrons. The van der Waals surface area contributed by atoms with Crippen molar-refractivity contribution in [3.8, 4) is 5.69 Å². The van der Waals surface area contributed by atoms with Gasteiger partial charge >= 0.3 is 0 Å². The third kappa shape index (κ3) is 2.55. The van der Waals surface area contributed by atoms with Crippen LogP contribution < -0.4 is 15.5 Å². The molecule has 0 saturated carbocycles. The Morgan fingerprint density at radius 2 is 2.23 bits per heavy atom. The maximum absolute atomic E-state index is 12.4. The zero-order valence-corrected chi connectivity index (χ0v) is 14.3. The molecule has 0 fully saturated rings. The van der Waals surface area contributed by atoms with E-state index in [1.165, 1.54) is 12.4 Å². The maximum atomic E-state index is 12.4. The summed E-state index contributed by atoms with van der Waals surface area (Å²) in [5.74, 6) is -0.221. The van der Waals surface area contributed by atoms with Crippen LogP contribution in [0.25, 0.3) is 5.69 Å². The Bertz CT molecular complexity index is 1090. The number of nitrogens with one attached hydrogen (secondary N) is 2. The molecule has 0 bridgehead atoms. The lowest BCUT2D eigenvalue weighted by atomic mass is 10.2. The molecule has 3 aromatic rings. The molecule has 1 aliphatic heterocycles. The van der Waals surface area contributed by atoms with Crippen molar-refractivity contribution in [2.45, 2.75) is 13.5 Å². The lowest BCUT2D eigenvalue weighted by Gasteiger charge is -2.30. The van der Waals surface area contributed by atoms with Crippen molar-refractivity contribution < 1.29 is 8.91 Å². The minimum Gasteiger partial charge on any atom is -0.364 e. The van der Waals surface area contributed by atoms with Crippen LogP contribution in [0.4, 0.5) is 17.2 Å². The van der Waals surface area contributed by atoms with E-state index < -0.39 is 12.9 Å². The van der Waals surface area contributed by atoms with Crippen LogP contribution in [0.15, 0.2) is 36.8 Å². The molecule has 3 aromatic heterocycles. The second-order valence-corrected chi connectivity index (χ2v) is 6.07. The number of pyridine rings is 2. The Balaban J connectivity index is 1.74. The molecule has 0 unspecified atom stereocenters. The minimum absolute atomic E-state index is 0.108. The number of carbonyl (C=O) groups is 1. The molecular weight excluding hydrogens is 330 g/mol. The number of nitrogens with zero attached hydrogens (tertiary/aromatic N) is 5. The molecule has 0 aromatic carbocycles. The Kier molecular flexibility index (Phi) is 3.04. The monoisotopic (exact) mass is 352 g/mol. The lowest BCUT2D eigenvalue weighted by molar-refractivity contribution is 0.0963. The van der Waals surface area contributed by atoms with E-state index in [1.54, 1.807) is 12.3 Å². The number of amides is 1. The van der Waals surface area contributed by atoms with Crippen LogP contribution in [0.5, 0.6) is 0 Å². The van der Waals surface area contributed by atoms with Gasteiger partial charge in [-0.2, -0.15) is 5.10 Å². The Labute approximate surface area is 155 Å². The van der Waals surface area contributed by atoms with E-state index in [0.29, 0.717) is 18.1 Å². The summed E-state index contributed by atoms with van der Waals surface area (Å²) in [7, 11) is 1.95. The summed E-state index contributed by atoms with van der Waals surface area (Å²) in [6.07, 6.45) is 4.49. The van der Waals surface area contributed by atoms with Gasteiger partial charge in [0.1, 0.15) is 5.69 Å². The summed E-state index contributed by atoms with van der Waals surface area (Å²) in [5.41, 5.74) is 4.18. The third-order valence-corrected chi connectivity index (χ3v) is 4.25. The van der Waals surface area contributed by atoms with Crippen LogP contribution in [0.1, 0.15) is 25.9 Å². The van der Waals surface area contributed by atoms with Gasteiger partial charge in [0.05, 0.1) is 34.9 Å². The van der Waals surface area contributed by atoms with E-state index in [2.05, 4.69) is 20.4 Å². The van der Waals surface area contributed by atoms with Gasteiger partial charge in [0, 0.05) is 36.7 Å². The summed E-state index contributed by atoms with van der Waals surface area (Å²) in [5, 5.41) is 9.70. The highest BCUT2D eigenvalue weighted by Crippen LogP contribution is 2.37. The molecule has 4 heterocycles. The van der Waals surface area contributed by atoms with Crippen LogP contribution in [-0.4, -0.2) is 39.7 Å². The van der Waals surface area contributed by atoms with Crippen molar-refractivity contribution in [2.75, 3.05) is 24.2 Å². The number of aromatic nitrogens is 4. The SMILES string of the molecule is [2H]C([2H])([2H])NC(=O)c1cnccc1Nc1nccc2c1N(C)Cc1cc(C)nn1-2. The number of fused-ring (bicyclic) bond motifs is 3. The molecule has 132 valence electrons. The number of hydrogen-bond acceptors (Lipinski definition) is 6. The molecule has 26 heavy (non-hydrogen) atoms. The molecule has 0 spiro atoms. The number of anilines is 3. The van der Waals surface area contributed by atoms with Gasteiger partial charge < -0.3 is 15.5 Å². The van der Waals surface area contributed by atoms with Gasteiger partial charge in [-0.25, -0.2) is 9.67 Å². The fraction of sp³-hybridized carbons (Fsp3) is 0.222. The average Bonchev–Trinajstić information content (AvgIpc) is 3.01. The van der Waals surface area contributed by atoms with E-state index in [0.717, 1.165) is 22.8 Å².